The lowest BCUT2D eigenvalue weighted by Crippen LogP contribution is -2.40. The average Bonchev–Trinajstić information content (AvgIpc) is 3.29. The Labute approximate surface area is 184 Å². The first-order chi connectivity index (χ1) is 15.1. The van der Waals surface area contributed by atoms with Gasteiger partial charge in [-0.05, 0) is 24.5 Å². The molecule has 0 aromatic carbocycles. The number of hydrogen-bond acceptors (Lipinski definition) is 8. The maximum absolute atomic E-state index is 13.0. The summed E-state index contributed by atoms with van der Waals surface area (Å²) in [6.45, 7) is 1.62. The molecule has 4 heterocycles. The third-order valence-electron chi connectivity index (χ3n) is 5.07. The highest BCUT2D eigenvalue weighted by Gasteiger charge is 2.27. The lowest BCUT2D eigenvalue weighted by Gasteiger charge is -2.29. The molecule has 2 aromatic rings. The Morgan fingerprint density at radius 1 is 1.32 bits per heavy atom. The van der Waals surface area contributed by atoms with Crippen LogP contribution in [0.25, 0.3) is 0 Å². The molecule has 1 saturated heterocycles. The van der Waals surface area contributed by atoms with Crippen molar-refractivity contribution in [3.63, 3.8) is 0 Å². The molecule has 2 aliphatic rings. The van der Waals surface area contributed by atoms with Gasteiger partial charge in [0, 0.05) is 27.2 Å². The van der Waals surface area contributed by atoms with Crippen LogP contribution < -0.4 is 15.0 Å². The van der Waals surface area contributed by atoms with E-state index in [-0.39, 0.29) is 23.0 Å². The Bertz CT molecular complexity index is 936. The Hall–Kier alpha value is -2.53. The number of nitrogens with zero attached hydrogens (tertiary/aromatic N) is 4. The minimum Gasteiger partial charge on any atom is -0.471 e. The molecular weight excluding hydrogens is 426 g/mol. The van der Waals surface area contributed by atoms with Crippen LogP contribution in [0.2, 0.25) is 5.02 Å². The van der Waals surface area contributed by atoms with Crippen LogP contribution in [0, 0.1) is 0 Å². The summed E-state index contributed by atoms with van der Waals surface area (Å²) in [7, 11) is 3.07. The topological polar surface area (TPSA) is 108 Å². The van der Waals surface area contributed by atoms with Gasteiger partial charge in [0.2, 0.25) is 18.1 Å². The zero-order valence-corrected chi connectivity index (χ0v) is 18.1. The third kappa shape index (κ3) is 4.87. The van der Waals surface area contributed by atoms with Crippen molar-refractivity contribution in [2.24, 2.45) is 0 Å². The lowest BCUT2D eigenvalue weighted by atomic mass is 10.1. The van der Waals surface area contributed by atoms with Gasteiger partial charge in [-0.2, -0.15) is 4.98 Å². The van der Waals surface area contributed by atoms with Crippen molar-refractivity contribution in [1.29, 1.82) is 0 Å². The van der Waals surface area contributed by atoms with E-state index in [2.05, 4.69) is 20.3 Å². The Morgan fingerprint density at radius 2 is 2.16 bits per heavy atom. The summed E-state index contributed by atoms with van der Waals surface area (Å²) in [6, 6.07) is 3.39. The summed E-state index contributed by atoms with van der Waals surface area (Å²) in [4.78, 5) is 27.6. The van der Waals surface area contributed by atoms with E-state index in [0.29, 0.717) is 31.3 Å². The number of urea groups is 1. The van der Waals surface area contributed by atoms with Crippen LogP contribution >= 0.6 is 11.6 Å². The fourth-order valence-corrected chi connectivity index (χ4v) is 3.68. The molecule has 2 aromatic heterocycles. The van der Waals surface area contributed by atoms with Crippen molar-refractivity contribution < 1.29 is 23.7 Å². The van der Waals surface area contributed by atoms with Crippen LogP contribution in [0.4, 0.5) is 16.6 Å². The lowest BCUT2D eigenvalue weighted by molar-refractivity contribution is -0.108. The number of ether oxygens (including phenoxy) is 4. The predicted octanol–water partition coefficient (Wildman–Crippen LogP) is 2.97. The molecule has 0 spiro atoms. The first-order valence-electron chi connectivity index (χ1n) is 10.00. The monoisotopic (exact) mass is 449 g/mol. The van der Waals surface area contributed by atoms with E-state index in [9.17, 15) is 4.79 Å². The van der Waals surface area contributed by atoms with E-state index in [0.717, 1.165) is 24.8 Å². The second kappa shape index (κ2) is 9.73. The van der Waals surface area contributed by atoms with Crippen LogP contribution in [0.3, 0.4) is 0 Å². The van der Waals surface area contributed by atoms with E-state index in [4.69, 9.17) is 30.5 Å². The summed E-state index contributed by atoms with van der Waals surface area (Å²) >= 11 is 6.15. The molecule has 0 saturated carbocycles. The van der Waals surface area contributed by atoms with Gasteiger partial charge >= 0.3 is 6.03 Å². The van der Waals surface area contributed by atoms with E-state index in [1.807, 2.05) is 12.1 Å². The SMILES string of the molecule is COC(OC)c1ccc2c(n1)N(C(=O)Nc1ncc(Cl)c(OC3CCOC3)n1)CCC2. The smallest absolute Gasteiger partial charge is 0.329 e. The van der Waals surface area contributed by atoms with Crippen LogP contribution in [0.1, 0.15) is 30.4 Å². The number of hydrogen-bond donors (Lipinski definition) is 1. The number of carbonyl (C=O) groups excluding carboxylic acids is 1. The highest BCUT2D eigenvalue weighted by Crippen LogP contribution is 2.29. The quantitative estimate of drug-likeness (QED) is 0.670. The Kier molecular flexibility index (Phi) is 6.81. The number of methoxy groups -OCH3 is 2. The molecule has 1 N–H and O–H groups in total. The van der Waals surface area contributed by atoms with E-state index < -0.39 is 12.3 Å². The standard InChI is InChI=1S/C20H24ClN5O5/c1-28-18(29-2)15-6-5-12-4-3-8-26(16(12)23-15)20(27)25-19-22-10-14(21)17(24-19)31-13-7-9-30-11-13/h5-6,10,13,18H,3-4,7-9,11H2,1-2H3,(H,22,24,25,27). The maximum atomic E-state index is 13.0. The van der Waals surface area contributed by atoms with Gasteiger partial charge in [0.1, 0.15) is 16.9 Å². The number of nitrogens with one attached hydrogen (secondary N) is 1. The fraction of sp³-hybridized carbons (Fsp3) is 0.500. The van der Waals surface area contributed by atoms with Crippen molar-refractivity contribution in [3.05, 3.63) is 34.6 Å². The first kappa shape index (κ1) is 21.7. The molecule has 11 heteroatoms. The van der Waals surface area contributed by atoms with Crippen molar-refractivity contribution in [2.45, 2.75) is 31.7 Å². The van der Waals surface area contributed by atoms with E-state index >= 15 is 0 Å². The summed E-state index contributed by atoms with van der Waals surface area (Å²) < 4.78 is 21.7. The van der Waals surface area contributed by atoms with E-state index in [1.165, 1.54) is 20.4 Å². The highest BCUT2D eigenvalue weighted by molar-refractivity contribution is 6.31. The van der Waals surface area contributed by atoms with Crippen LogP contribution in [0.5, 0.6) is 5.88 Å². The molecule has 166 valence electrons. The number of anilines is 2. The van der Waals surface area contributed by atoms with Gasteiger partial charge in [0.15, 0.2) is 0 Å². The minimum atomic E-state index is -0.615. The van der Waals surface area contributed by atoms with Crippen molar-refractivity contribution >= 4 is 29.4 Å². The number of halogens is 1. The van der Waals surface area contributed by atoms with Gasteiger partial charge in [-0.15, -0.1) is 0 Å². The summed E-state index contributed by atoms with van der Waals surface area (Å²) in [6.07, 6.45) is 3.06. The molecule has 2 amide bonds. The second-order valence-electron chi connectivity index (χ2n) is 7.16. The fourth-order valence-electron chi connectivity index (χ4n) is 3.54. The van der Waals surface area contributed by atoms with Gasteiger partial charge in [0.05, 0.1) is 25.1 Å². The van der Waals surface area contributed by atoms with Gasteiger partial charge in [-0.1, -0.05) is 17.7 Å². The first-order valence-corrected chi connectivity index (χ1v) is 10.4. The van der Waals surface area contributed by atoms with Gasteiger partial charge in [-0.3, -0.25) is 10.2 Å². The van der Waals surface area contributed by atoms with Crippen molar-refractivity contribution in [1.82, 2.24) is 15.0 Å². The molecule has 1 atom stereocenters. The molecular formula is C20H24ClN5O5. The Balaban J connectivity index is 1.52. The van der Waals surface area contributed by atoms with Crippen LogP contribution in [-0.4, -0.2) is 61.1 Å². The summed E-state index contributed by atoms with van der Waals surface area (Å²) in [5, 5.41) is 2.98. The predicted molar refractivity (Wildman–Crippen MR) is 113 cm³/mol. The van der Waals surface area contributed by atoms with Gasteiger partial charge in [0.25, 0.3) is 0 Å². The normalized spacial score (nSPS) is 18.2. The molecule has 0 aliphatic carbocycles. The minimum absolute atomic E-state index is 0.0956. The molecule has 2 aliphatic heterocycles. The molecule has 1 fully saturated rings. The molecule has 10 nitrogen and oxygen atoms in total. The molecule has 31 heavy (non-hydrogen) atoms. The number of fused-ring (bicyclic) bond motifs is 1. The number of pyridine rings is 1. The van der Waals surface area contributed by atoms with Crippen LogP contribution in [0.15, 0.2) is 18.3 Å². The zero-order valence-electron chi connectivity index (χ0n) is 17.3. The van der Waals surface area contributed by atoms with Crippen molar-refractivity contribution in [3.8, 4) is 5.88 Å². The number of aromatic nitrogens is 3. The number of carbonyl (C=O) groups is 1. The number of rotatable bonds is 6. The maximum Gasteiger partial charge on any atom is 0.329 e. The largest absolute Gasteiger partial charge is 0.471 e. The molecule has 1 unspecified atom stereocenters. The van der Waals surface area contributed by atoms with Gasteiger partial charge < -0.3 is 18.9 Å². The number of aryl methyl sites for hydroxylation is 1. The number of amides is 2. The molecule has 4 rings (SSSR count). The molecule has 0 bridgehead atoms. The molecule has 0 radical (unpaired) electrons. The average molecular weight is 450 g/mol. The van der Waals surface area contributed by atoms with Crippen LogP contribution in [-0.2, 0) is 20.6 Å². The third-order valence-corrected chi connectivity index (χ3v) is 5.33. The summed E-state index contributed by atoms with van der Waals surface area (Å²) in [5.41, 5.74) is 1.55. The Morgan fingerprint density at radius 3 is 2.90 bits per heavy atom. The zero-order chi connectivity index (χ0) is 21.8. The summed E-state index contributed by atoms with van der Waals surface area (Å²) in [5.74, 6) is 0.872. The van der Waals surface area contributed by atoms with E-state index in [1.54, 1.807) is 4.90 Å². The van der Waals surface area contributed by atoms with Gasteiger partial charge in [-0.25, -0.2) is 14.8 Å². The van der Waals surface area contributed by atoms with Crippen molar-refractivity contribution in [2.75, 3.05) is 44.2 Å². The highest BCUT2D eigenvalue weighted by atomic mass is 35.5. The second-order valence-corrected chi connectivity index (χ2v) is 7.56.